The Morgan fingerprint density at radius 1 is 1.42 bits per heavy atom. The lowest BCUT2D eigenvalue weighted by Crippen LogP contribution is -2.40. The Kier molecular flexibility index (Phi) is 5.25. The summed E-state index contributed by atoms with van der Waals surface area (Å²) in [5.74, 6) is 0.495. The summed E-state index contributed by atoms with van der Waals surface area (Å²) in [5.41, 5.74) is 1.05. The van der Waals surface area contributed by atoms with Crippen LogP contribution in [0.1, 0.15) is 67.2 Å². The maximum absolute atomic E-state index is 12.7. The molecular formula is C18H27N3O2S. The van der Waals surface area contributed by atoms with Crippen LogP contribution in [0.25, 0.3) is 10.2 Å². The van der Waals surface area contributed by atoms with E-state index in [1.54, 1.807) is 0 Å². The Bertz CT molecular complexity index is 719. The summed E-state index contributed by atoms with van der Waals surface area (Å²) in [6.45, 7) is 4.39. The first-order chi connectivity index (χ1) is 11.5. The maximum atomic E-state index is 12.7. The number of fused-ring (bicyclic) bond motifs is 1. The van der Waals surface area contributed by atoms with Crippen molar-refractivity contribution in [2.75, 3.05) is 6.61 Å². The van der Waals surface area contributed by atoms with Crippen molar-refractivity contribution >= 4 is 27.5 Å². The normalized spacial score (nSPS) is 22.0. The van der Waals surface area contributed by atoms with Crippen molar-refractivity contribution in [3.63, 3.8) is 0 Å². The number of nitrogens with one attached hydrogen (secondary N) is 1. The number of nitrogens with zero attached hydrogens (tertiary/aromatic N) is 2. The fourth-order valence-electron chi connectivity index (χ4n) is 3.64. The number of hydrogen-bond acceptors (Lipinski definition) is 4. The molecular weight excluding hydrogens is 322 g/mol. The molecule has 5 nitrogen and oxygen atoms in total. The van der Waals surface area contributed by atoms with Crippen molar-refractivity contribution in [3.05, 3.63) is 16.6 Å². The maximum Gasteiger partial charge on any atom is 0.261 e. The van der Waals surface area contributed by atoms with E-state index < -0.39 is 0 Å². The van der Waals surface area contributed by atoms with Crippen LogP contribution in [0.2, 0.25) is 0 Å². The SMILES string of the molecule is CC(C)c1nn(C)c2sc(C(=O)N[C@@H]3CCCCC[C@@H]3CO)cc12. The monoisotopic (exact) mass is 349 g/mol. The van der Waals surface area contributed by atoms with Crippen molar-refractivity contribution in [1.29, 1.82) is 0 Å². The molecule has 3 rings (SSSR count). The van der Waals surface area contributed by atoms with Crippen LogP contribution in [-0.4, -0.2) is 33.4 Å². The van der Waals surface area contributed by atoms with Gasteiger partial charge in [-0.3, -0.25) is 9.48 Å². The molecule has 2 aromatic rings. The first-order valence-corrected chi connectivity index (χ1v) is 9.71. The second kappa shape index (κ2) is 7.23. The van der Waals surface area contributed by atoms with Crippen molar-refractivity contribution in [2.24, 2.45) is 13.0 Å². The molecule has 0 unspecified atom stereocenters. The number of rotatable bonds is 4. The Morgan fingerprint density at radius 2 is 2.17 bits per heavy atom. The fourth-order valence-corrected chi connectivity index (χ4v) is 4.62. The van der Waals surface area contributed by atoms with Gasteiger partial charge in [-0.15, -0.1) is 11.3 Å². The van der Waals surface area contributed by atoms with E-state index in [2.05, 4.69) is 24.3 Å². The van der Waals surface area contributed by atoms with E-state index in [0.717, 1.165) is 46.5 Å². The number of amides is 1. The smallest absolute Gasteiger partial charge is 0.261 e. The summed E-state index contributed by atoms with van der Waals surface area (Å²) >= 11 is 1.50. The third-order valence-corrected chi connectivity index (χ3v) is 6.22. The molecule has 1 aliphatic carbocycles. The van der Waals surface area contributed by atoms with Gasteiger partial charge in [-0.05, 0) is 24.8 Å². The number of carbonyl (C=O) groups excluding carboxylic acids is 1. The summed E-state index contributed by atoms with van der Waals surface area (Å²) in [4.78, 5) is 14.5. The largest absolute Gasteiger partial charge is 0.396 e. The van der Waals surface area contributed by atoms with Gasteiger partial charge in [-0.2, -0.15) is 5.10 Å². The van der Waals surface area contributed by atoms with E-state index in [9.17, 15) is 9.90 Å². The minimum Gasteiger partial charge on any atom is -0.396 e. The van der Waals surface area contributed by atoms with E-state index in [-0.39, 0.29) is 24.5 Å². The highest BCUT2D eigenvalue weighted by Crippen LogP contribution is 2.32. The molecule has 132 valence electrons. The Balaban J connectivity index is 1.82. The molecule has 0 aliphatic heterocycles. The fraction of sp³-hybridized carbons (Fsp3) is 0.667. The number of thiophene rings is 1. The van der Waals surface area contributed by atoms with Crippen LogP contribution in [0.3, 0.4) is 0 Å². The van der Waals surface area contributed by atoms with Gasteiger partial charge in [0.2, 0.25) is 0 Å². The summed E-state index contributed by atoms with van der Waals surface area (Å²) in [6, 6.07) is 2.06. The highest BCUT2D eigenvalue weighted by atomic mass is 32.1. The molecule has 1 saturated carbocycles. The molecule has 2 atom stereocenters. The standard InChI is InChI=1S/C18H27N3O2S/c1-11(2)16-13-9-15(24-18(13)21(3)20-16)17(23)19-14-8-6-4-5-7-12(14)10-22/h9,11-12,14,22H,4-8,10H2,1-3H3,(H,19,23)/t12-,14-/m1/s1. The molecule has 0 aromatic carbocycles. The zero-order valence-corrected chi connectivity index (χ0v) is 15.5. The molecule has 0 bridgehead atoms. The minimum atomic E-state index is -0.0174. The van der Waals surface area contributed by atoms with Gasteiger partial charge in [0.15, 0.2) is 0 Å². The van der Waals surface area contributed by atoms with Crippen LogP contribution < -0.4 is 5.32 Å². The summed E-state index contributed by atoms with van der Waals surface area (Å²) < 4.78 is 1.87. The number of carbonyl (C=O) groups is 1. The van der Waals surface area contributed by atoms with E-state index in [0.29, 0.717) is 5.92 Å². The highest BCUT2D eigenvalue weighted by molar-refractivity contribution is 7.20. The molecule has 1 fully saturated rings. The van der Waals surface area contributed by atoms with Crippen LogP contribution in [0.4, 0.5) is 0 Å². The van der Waals surface area contributed by atoms with Crippen LogP contribution in [-0.2, 0) is 7.05 Å². The molecule has 2 N–H and O–H groups in total. The topological polar surface area (TPSA) is 67.2 Å². The molecule has 6 heteroatoms. The quantitative estimate of drug-likeness (QED) is 0.831. The molecule has 2 aromatic heterocycles. The minimum absolute atomic E-state index is 0.0174. The second-order valence-electron chi connectivity index (χ2n) is 7.15. The van der Waals surface area contributed by atoms with E-state index in [1.165, 1.54) is 17.8 Å². The number of aliphatic hydroxyl groups is 1. The molecule has 24 heavy (non-hydrogen) atoms. The van der Waals surface area contributed by atoms with Gasteiger partial charge >= 0.3 is 0 Å². The molecule has 0 spiro atoms. The van der Waals surface area contributed by atoms with Gasteiger partial charge in [-0.25, -0.2) is 0 Å². The van der Waals surface area contributed by atoms with Crippen molar-refractivity contribution in [1.82, 2.24) is 15.1 Å². The summed E-state index contributed by atoms with van der Waals surface area (Å²) in [5, 5.41) is 18.5. The van der Waals surface area contributed by atoms with Crippen molar-refractivity contribution in [3.8, 4) is 0 Å². The Labute approximate surface area is 147 Å². The van der Waals surface area contributed by atoms with Gasteiger partial charge in [0.1, 0.15) is 4.83 Å². The molecule has 0 radical (unpaired) electrons. The predicted molar refractivity (Wildman–Crippen MR) is 97.6 cm³/mol. The molecule has 1 aliphatic rings. The van der Waals surface area contributed by atoms with E-state index in [4.69, 9.17) is 0 Å². The van der Waals surface area contributed by atoms with Crippen molar-refractivity contribution in [2.45, 2.75) is 57.9 Å². The predicted octanol–water partition coefficient (Wildman–Crippen LogP) is 3.43. The second-order valence-corrected chi connectivity index (χ2v) is 8.18. The first-order valence-electron chi connectivity index (χ1n) is 8.89. The lowest BCUT2D eigenvalue weighted by Gasteiger charge is -2.24. The van der Waals surface area contributed by atoms with Gasteiger partial charge in [-0.1, -0.05) is 33.1 Å². The number of aromatic nitrogens is 2. The van der Waals surface area contributed by atoms with Crippen molar-refractivity contribution < 1.29 is 9.90 Å². The first kappa shape index (κ1) is 17.4. The highest BCUT2D eigenvalue weighted by Gasteiger charge is 2.26. The Hall–Kier alpha value is -1.40. The average Bonchev–Trinajstić information content (AvgIpc) is 3.02. The number of aliphatic hydroxyl groups excluding tert-OH is 1. The Morgan fingerprint density at radius 3 is 2.88 bits per heavy atom. The third-order valence-electron chi connectivity index (χ3n) is 5.02. The van der Waals surface area contributed by atoms with Gasteiger partial charge in [0.25, 0.3) is 5.91 Å². The molecule has 2 heterocycles. The number of aryl methyl sites for hydroxylation is 1. The van der Waals surface area contributed by atoms with Gasteiger partial charge < -0.3 is 10.4 Å². The summed E-state index contributed by atoms with van der Waals surface area (Å²) in [7, 11) is 1.93. The van der Waals surface area contributed by atoms with Gasteiger partial charge in [0.05, 0.1) is 10.6 Å². The zero-order valence-electron chi connectivity index (χ0n) is 14.7. The van der Waals surface area contributed by atoms with Crippen LogP contribution in [0.15, 0.2) is 6.07 Å². The number of hydrogen-bond donors (Lipinski definition) is 2. The molecule has 0 saturated heterocycles. The van der Waals surface area contributed by atoms with Crippen LogP contribution in [0, 0.1) is 5.92 Å². The third kappa shape index (κ3) is 3.35. The van der Waals surface area contributed by atoms with Crippen LogP contribution in [0.5, 0.6) is 0 Å². The summed E-state index contributed by atoms with van der Waals surface area (Å²) in [6.07, 6.45) is 5.41. The lowest BCUT2D eigenvalue weighted by molar-refractivity contribution is 0.0903. The van der Waals surface area contributed by atoms with E-state index in [1.807, 2.05) is 17.8 Å². The lowest BCUT2D eigenvalue weighted by atomic mass is 9.95. The molecule has 1 amide bonds. The van der Waals surface area contributed by atoms with Gasteiger partial charge in [0, 0.05) is 31.0 Å². The zero-order chi connectivity index (χ0) is 17.3. The van der Waals surface area contributed by atoms with Crippen LogP contribution >= 0.6 is 11.3 Å². The average molecular weight is 350 g/mol. The van der Waals surface area contributed by atoms with E-state index >= 15 is 0 Å².